The molecule has 0 saturated heterocycles. The number of rotatable bonds is 8. The van der Waals surface area contributed by atoms with Gasteiger partial charge in [0.2, 0.25) is 0 Å². The number of hydrogen-bond acceptors (Lipinski definition) is 1. The van der Waals surface area contributed by atoms with Crippen molar-refractivity contribution in [1.82, 2.24) is 0 Å². The van der Waals surface area contributed by atoms with E-state index in [0.29, 0.717) is 5.41 Å². The van der Waals surface area contributed by atoms with Crippen molar-refractivity contribution in [3.8, 4) is 0 Å². The van der Waals surface area contributed by atoms with Gasteiger partial charge in [0.05, 0.1) is 0 Å². The first kappa shape index (κ1) is 15.3. The maximum Gasteiger partial charge on any atom is -0.00652 e. The molecule has 0 radical (unpaired) electrons. The first-order valence-electron chi connectivity index (χ1n) is 6.40. The van der Waals surface area contributed by atoms with Crippen LogP contribution in [0.1, 0.15) is 60.3 Å². The van der Waals surface area contributed by atoms with Crippen LogP contribution in [0, 0.1) is 17.3 Å². The molecule has 0 saturated carbocycles. The van der Waals surface area contributed by atoms with E-state index >= 15 is 0 Å². The molecule has 0 nitrogen and oxygen atoms in total. The van der Waals surface area contributed by atoms with E-state index in [1.54, 1.807) is 0 Å². The second-order valence-corrected chi connectivity index (χ2v) is 7.00. The molecule has 1 atom stereocenters. The monoisotopic (exact) mass is 230 g/mol. The van der Waals surface area contributed by atoms with Gasteiger partial charge in [-0.25, -0.2) is 0 Å². The van der Waals surface area contributed by atoms with E-state index in [2.05, 4.69) is 40.9 Å². The summed E-state index contributed by atoms with van der Waals surface area (Å²) >= 11 is 1.98. The van der Waals surface area contributed by atoms with Crippen LogP contribution in [0.25, 0.3) is 0 Å². The molecule has 0 bridgehead atoms. The Labute approximate surface area is 102 Å². The second-order valence-electron chi connectivity index (χ2n) is 6.01. The van der Waals surface area contributed by atoms with Crippen LogP contribution in [0.2, 0.25) is 0 Å². The fraction of sp³-hybridized carbons (Fsp3) is 1.00. The van der Waals surface area contributed by atoms with Crippen LogP contribution in [0.3, 0.4) is 0 Å². The quantitative estimate of drug-likeness (QED) is 0.550. The summed E-state index contributed by atoms with van der Waals surface area (Å²) in [4.78, 5) is 0. The van der Waals surface area contributed by atoms with E-state index in [9.17, 15) is 0 Å². The van der Waals surface area contributed by atoms with Crippen LogP contribution in [0.15, 0.2) is 0 Å². The van der Waals surface area contributed by atoms with Crippen molar-refractivity contribution in [2.24, 2.45) is 17.3 Å². The normalized spacial score (nSPS) is 14.6. The first-order valence-corrected chi connectivity index (χ1v) is 7.79. The maximum absolute atomic E-state index is 2.44. The Hall–Kier alpha value is 0.350. The zero-order chi connectivity index (χ0) is 11.9. The van der Waals surface area contributed by atoms with E-state index in [1.165, 1.54) is 31.4 Å². The second kappa shape index (κ2) is 7.60. The minimum atomic E-state index is 0.540. The summed E-state index contributed by atoms with van der Waals surface area (Å²) < 4.78 is 0. The molecule has 15 heavy (non-hydrogen) atoms. The molecule has 1 heteroatoms. The van der Waals surface area contributed by atoms with Gasteiger partial charge in [-0.3, -0.25) is 0 Å². The number of hydrogen-bond donors (Lipinski definition) is 0. The maximum atomic E-state index is 2.44. The van der Waals surface area contributed by atoms with E-state index in [4.69, 9.17) is 0 Å². The predicted molar refractivity (Wildman–Crippen MR) is 74.6 cm³/mol. The highest BCUT2D eigenvalue weighted by molar-refractivity contribution is 7.98. The molecule has 0 aromatic rings. The van der Waals surface area contributed by atoms with Gasteiger partial charge in [0.15, 0.2) is 0 Å². The van der Waals surface area contributed by atoms with Crippen molar-refractivity contribution >= 4 is 11.8 Å². The fourth-order valence-corrected chi connectivity index (χ4v) is 3.08. The Bertz CT molecular complexity index is 149. The van der Waals surface area contributed by atoms with E-state index < -0.39 is 0 Å². The van der Waals surface area contributed by atoms with Crippen molar-refractivity contribution < 1.29 is 0 Å². The zero-order valence-electron chi connectivity index (χ0n) is 11.6. The summed E-state index contributed by atoms with van der Waals surface area (Å²) in [7, 11) is 0. The van der Waals surface area contributed by atoms with Gasteiger partial charge >= 0.3 is 0 Å². The van der Waals surface area contributed by atoms with E-state index in [1.807, 2.05) is 11.8 Å². The fourth-order valence-electron chi connectivity index (χ4n) is 2.32. The van der Waals surface area contributed by atoms with Gasteiger partial charge < -0.3 is 0 Å². The third kappa shape index (κ3) is 8.19. The Morgan fingerprint density at radius 2 is 1.80 bits per heavy atom. The molecule has 0 N–H and O–H groups in total. The summed E-state index contributed by atoms with van der Waals surface area (Å²) in [5.41, 5.74) is 0.540. The minimum Gasteiger partial charge on any atom is -0.165 e. The predicted octanol–water partition coefficient (Wildman–Crippen LogP) is 5.23. The molecule has 0 rings (SSSR count). The summed E-state index contributed by atoms with van der Waals surface area (Å²) in [6.07, 6.45) is 7.73. The van der Waals surface area contributed by atoms with Crippen molar-refractivity contribution in [3.05, 3.63) is 0 Å². The molecule has 0 aromatic carbocycles. The molecule has 92 valence electrons. The van der Waals surface area contributed by atoms with Crippen LogP contribution >= 0.6 is 11.8 Å². The van der Waals surface area contributed by atoms with Crippen LogP contribution in [-0.4, -0.2) is 12.0 Å². The first-order chi connectivity index (χ1) is 6.91. The van der Waals surface area contributed by atoms with Crippen LogP contribution in [0.4, 0.5) is 0 Å². The smallest absolute Gasteiger partial charge is 0.00652 e. The SMILES string of the molecule is CCC(CC(C)C)CC(C)(C)CCSC. The highest BCUT2D eigenvalue weighted by Gasteiger charge is 2.22. The molecule has 0 aromatic heterocycles. The standard InChI is InChI=1S/C14H30S/c1-7-13(10-12(2)3)11-14(4,5)8-9-15-6/h12-13H,7-11H2,1-6H3. The molecule has 0 aliphatic rings. The molecular weight excluding hydrogens is 200 g/mol. The van der Waals surface area contributed by atoms with Gasteiger partial charge in [0, 0.05) is 0 Å². The molecule has 0 aliphatic carbocycles. The molecule has 1 unspecified atom stereocenters. The van der Waals surface area contributed by atoms with Crippen molar-refractivity contribution in [3.63, 3.8) is 0 Å². The molecule has 0 amide bonds. The van der Waals surface area contributed by atoms with Gasteiger partial charge in [-0.05, 0) is 48.5 Å². The third-order valence-corrected chi connectivity index (χ3v) is 3.82. The summed E-state index contributed by atoms with van der Waals surface area (Å²) in [6.45, 7) is 11.9. The van der Waals surface area contributed by atoms with Gasteiger partial charge in [0.25, 0.3) is 0 Å². The lowest BCUT2D eigenvalue weighted by Crippen LogP contribution is -2.19. The molecule has 0 fully saturated rings. The van der Waals surface area contributed by atoms with Gasteiger partial charge in [-0.1, -0.05) is 41.0 Å². The van der Waals surface area contributed by atoms with Gasteiger partial charge in [-0.15, -0.1) is 0 Å². The lowest BCUT2D eigenvalue weighted by atomic mass is 9.77. The Kier molecular flexibility index (Phi) is 7.77. The van der Waals surface area contributed by atoms with Gasteiger partial charge in [-0.2, -0.15) is 11.8 Å². The number of thioether (sulfide) groups is 1. The average molecular weight is 230 g/mol. The van der Waals surface area contributed by atoms with Crippen molar-refractivity contribution in [2.75, 3.05) is 12.0 Å². The Morgan fingerprint density at radius 3 is 2.20 bits per heavy atom. The van der Waals surface area contributed by atoms with E-state index in [0.717, 1.165) is 11.8 Å². The summed E-state index contributed by atoms with van der Waals surface area (Å²) in [5.74, 6) is 3.10. The van der Waals surface area contributed by atoms with Crippen LogP contribution in [-0.2, 0) is 0 Å². The lowest BCUT2D eigenvalue weighted by Gasteiger charge is -2.30. The summed E-state index contributed by atoms with van der Waals surface area (Å²) in [6, 6.07) is 0. The van der Waals surface area contributed by atoms with Crippen LogP contribution in [0.5, 0.6) is 0 Å². The molecule has 0 heterocycles. The van der Waals surface area contributed by atoms with E-state index in [-0.39, 0.29) is 0 Å². The third-order valence-electron chi connectivity index (χ3n) is 3.21. The van der Waals surface area contributed by atoms with Gasteiger partial charge in [0.1, 0.15) is 0 Å². The molecular formula is C14H30S. The Balaban J connectivity index is 4.02. The van der Waals surface area contributed by atoms with Crippen LogP contribution < -0.4 is 0 Å². The zero-order valence-corrected chi connectivity index (χ0v) is 12.4. The summed E-state index contributed by atoms with van der Waals surface area (Å²) in [5, 5.41) is 0. The molecule has 0 spiro atoms. The highest BCUT2D eigenvalue weighted by Crippen LogP contribution is 2.34. The van der Waals surface area contributed by atoms with Crippen molar-refractivity contribution in [1.29, 1.82) is 0 Å². The highest BCUT2D eigenvalue weighted by atomic mass is 32.2. The minimum absolute atomic E-state index is 0.540. The Morgan fingerprint density at radius 1 is 1.20 bits per heavy atom. The molecule has 0 aliphatic heterocycles. The lowest BCUT2D eigenvalue weighted by molar-refractivity contribution is 0.231. The average Bonchev–Trinajstić information content (AvgIpc) is 2.12. The van der Waals surface area contributed by atoms with Crippen molar-refractivity contribution in [2.45, 2.75) is 60.3 Å². The topological polar surface area (TPSA) is 0 Å². The largest absolute Gasteiger partial charge is 0.165 e.